The average Bonchev–Trinajstić information content (AvgIpc) is 2.60. The van der Waals surface area contributed by atoms with E-state index in [2.05, 4.69) is 25.0 Å². The molecule has 0 saturated carbocycles. The minimum absolute atomic E-state index is 0.0114. The third-order valence-electron chi connectivity index (χ3n) is 4.66. The van der Waals surface area contributed by atoms with Crippen LogP contribution in [-0.4, -0.2) is 33.7 Å². The predicted molar refractivity (Wildman–Crippen MR) is 93.8 cm³/mol. The van der Waals surface area contributed by atoms with E-state index in [4.69, 9.17) is 0 Å². The first-order chi connectivity index (χ1) is 11.5. The molecule has 0 bridgehead atoms. The second kappa shape index (κ2) is 6.99. The summed E-state index contributed by atoms with van der Waals surface area (Å²) in [7, 11) is 0. The van der Waals surface area contributed by atoms with E-state index in [0.29, 0.717) is 5.69 Å². The molecule has 1 saturated heterocycles. The molecule has 1 aliphatic rings. The van der Waals surface area contributed by atoms with Crippen LogP contribution in [0.4, 0.5) is 0 Å². The molecule has 3 rings (SSSR count). The average molecular weight is 325 g/mol. The number of piperidine rings is 1. The summed E-state index contributed by atoms with van der Waals surface area (Å²) in [6.45, 7) is 5.69. The van der Waals surface area contributed by atoms with Gasteiger partial charge < -0.3 is 4.90 Å². The molecule has 1 aromatic heterocycles. The van der Waals surface area contributed by atoms with Gasteiger partial charge in [-0.2, -0.15) is 5.10 Å². The molecule has 5 nitrogen and oxygen atoms in total. The lowest BCUT2D eigenvalue weighted by molar-refractivity contribution is -0.133. The highest BCUT2D eigenvalue weighted by Crippen LogP contribution is 2.19. The summed E-state index contributed by atoms with van der Waals surface area (Å²) >= 11 is 0. The van der Waals surface area contributed by atoms with E-state index in [0.717, 1.165) is 31.5 Å². The van der Waals surface area contributed by atoms with E-state index in [1.54, 1.807) is 6.07 Å². The van der Waals surface area contributed by atoms with Crippen molar-refractivity contribution in [1.29, 1.82) is 0 Å². The van der Waals surface area contributed by atoms with Gasteiger partial charge in [-0.05, 0) is 56.4 Å². The van der Waals surface area contributed by atoms with Crippen molar-refractivity contribution in [3.8, 4) is 11.3 Å². The highest BCUT2D eigenvalue weighted by molar-refractivity contribution is 5.76. The topological polar surface area (TPSA) is 55.2 Å². The van der Waals surface area contributed by atoms with E-state index in [1.165, 1.54) is 28.3 Å². The van der Waals surface area contributed by atoms with Crippen LogP contribution in [-0.2, 0) is 11.3 Å². The van der Waals surface area contributed by atoms with Gasteiger partial charge in [-0.1, -0.05) is 12.1 Å². The molecule has 1 fully saturated rings. The molecular formula is C19H23N3O2. The number of likely N-dealkylation sites (tertiary alicyclic amines) is 1. The van der Waals surface area contributed by atoms with Crippen molar-refractivity contribution >= 4 is 5.91 Å². The summed E-state index contributed by atoms with van der Waals surface area (Å²) in [4.78, 5) is 26.3. The van der Waals surface area contributed by atoms with Crippen LogP contribution in [0.3, 0.4) is 0 Å². The van der Waals surface area contributed by atoms with Gasteiger partial charge in [-0.15, -0.1) is 0 Å². The monoisotopic (exact) mass is 325 g/mol. The third kappa shape index (κ3) is 3.55. The Bertz CT molecular complexity index is 804. The molecule has 24 heavy (non-hydrogen) atoms. The Morgan fingerprint density at radius 1 is 1.04 bits per heavy atom. The number of carbonyl (C=O) groups excluding carboxylic acids is 1. The van der Waals surface area contributed by atoms with Crippen LogP contribution in [0.5, 0.6) is 0 Å². The Morgan fingerprint density at radius 3 is 2.50 bits per heavy atom. The van der Waals surface area contributed by atoms with E-state index in [-0.39, 0.29) is 18.0 Å². The molecule has 1 aromatic carbocycles. The smallest absolute Gasteiger partial charge is 0.267 e. The lowest BCUT2D eigenvalue weighted by Crippen LogP contribution is -2.40. The number of nitrogens with zero attached hydrogens (tertiary/aromatic N) is 3. The molecule has 0 radical (unpaired) electrons. The molecule has 0 atom stereocenters. The number of aromatic nitrogens is 2. The standard InChI is InChI=1S/C19H23N3O2/c1-14-6-7-16(12-15(14)2)17-8-9-18(23)22(20-17)13-19(24)21-10-4-3-5-11-21/h6-9,12H,3-5,10-11,13H2,1-2H3. The van der Waals surface area contributed by atoms with E-state index in [9.17, 15) is 9.59 Å². The van der Waals surface area contributed by atoms with E-state index in [1.807, 2.05) is 17.0 Å². The fraction of sp³-hybridized carbons (Fsp3) is 0.421. The second-order valence-corrected chi connectivity index (χ2v) is 6.45. The Labute approximate surface area is 141 Å². The van der Waals surface area contributed by atoms with Crippen molar-refractivity contribution in [2.24, 2.45) is 0 Å². The van der Waals surface area contributed by atoms with Gasteiger partial charge in [0.1, 0.15) is 6.54 Å². The molecule has 0 unspecified atom stereocenters. The summed E-state index contributed by atoms with van der Waals surface area (Å²) < 4.78 is 1.28. The predicted octanol–water partition coefficient (Wildman–Crippen LogP) is 2.54. The SMILES string of the molecule is Cc1ccc(-c2ccc(=O)n(CC(=O)N3CCCCC3)n2)cc1C. The maximum absolute atomic E-state index is 12.4. The number of hydrogen-bond donors (Lipinski definition) is 0. The third-order valence-corrected chi connectivity index (χ3v) is 4.66. The Kier molecular flexibility index (Phi) is 4.79. The van der Waals surface area contributed by atoms with Crippen molar-refractivity contribution in [1.82, 2.24) is 14.7 Å². The molecular weight excluding hydrogens is 302 g/mol. The van der Waals surface area contributed by atoms with Crippen LogP contribution in [0.25, 0.3) is 11.3 Å². The van der Waals surface area contributed by atoms with Gasteiger partial charge in [-0.3, -0.25) is 9.59 Å². The van der Waals surface area contributed by atoms with Gasteiger partial charge in [0.15, 0.2) is 0 Å². The highest BCUT2D eigenvalue weighted by Gasteiger charge is 2.17. The van der Waals surface area contributed by atoms with E-state index >= 15 is 0 Å². The van der Waals surface area contributed by atoms with Crippen LogP contribution in [0.1, 0.15) is 30.4 Å². The number of benzene rings is 1. The lowest BCUT2D eigenvalue weighted by atomic mass is 10.0. The molecule has 1 amide bonds. The first-order valence-corrected chi connectivity index (χ1v) is 8.48. The first kappa shape index (κ1) is 16.4. The summed E-state index contributed by atoms with van der Waals surface area (Å²) in [5, 5.41) is 4.40. The molecule has 2 heterocycles. The molecule has 0 spiro atoms. The molecule has 5 heteroatoms. The Hall–Kier alpha value is -2.43. The zero-order valence-corrected chi connectivity index (χ0v) is 14.3. The van der Waals surface area contributed by atoms with Gasteiger partial charge in [0.25, 0.3) is 5.56 Å². The fourth-order valence-corrected chi connectivity index (χ4v) is 2.99. The summed E-state index contributed by atoms with van der Waals surface area (Å²) in [5.74, 6) is -0.0264. The largest absolute Gasteiger partial charge is 0.341 e. The van der Waals surface area contributed by atoms with Gasteiger partial charge in [0.2, 0.25) is 5.91 Å². The number of amides is 1. The Morgan fingerprint density at radius 2 is 1.79 bits per heavy atom. The lowest BCUT2D eigenvalue weighted by Gasteiger charge is -2.26. The summed E-state index contributed by atoms with van der Waals surface area (Å²) in [6, 6.07) is 9.29. The fourth-order valence-electron chi connectivity index (χ4n) is 2.99. The van der Waals surface area contributed by atoms with Gasteiger partial charge in [0, 0.05) is 24.7 Å². The normalized spacial score (nSPS) is 14.7. The number of aryl methyl sites for hydroxylation is 2. The zero-order valence-electron chi connectivity index (χ0n) is 14.3. The van der Waals surface area contributed by atoms with Crippen LogP contribution in [0.15, 0.2) is 35.1 Å². The van der Waals surface area contributed by atoms with Crippen LogP contribution < -0.4 is 5.56 Å². The first-order valence-electron chi connectivity index (χ1n) is 8.48. The van der Waals surface area contributed by atoms with Crippen molar-refractivity contribution in [2.45, 2.75) is 39.7 Å². The maximum Gasteiger partial charge on any atom is 0.267 e. The molecule has 0 aliphatic carbocycles. The second-order valence-electron chi connectivity index (χ2n) is 6.45. The van der Waals surface area contributed by atoms with Gasteiger partial charge >= 0.3 is 0 Å². The number of hydrogen-bond acceptors (Lipinski definition) is 3. The molecule has 0 N–H and O–H groups in total. The van der Waals surface area contributed by atoms with Gasteiger partial charge in [-0.25, -0.2) is 4.68 Å². The van der Waals surface area contributed by atoms with Crippen molar-refractivity contribution < 1.29 is 4.79 Å². The van der Waals surface area contributed by atoms with Crippen molar-refractivity contribution in [3.63, 3.8) is 0 Å². The molecule has 2 aromatic rings. The van der Waals surface area contributed by atoms with Crippen LogP contribution >= 0.6 is 0 Å². The van der Waals surface area contributed by atoms with Gasteiger partial charge in [0.05, 0.1) is 5.69 Å². The number of carbonyl (C=O) groups is 1. The van der Waals surface area contributed by atoms with Crippen molar-refractivity contribution in [2.75, 3.05) is 13.1 Å². The summed E-state index contributed by atoms with van der Waals surface area (Å²) in [5.41, 5.74) is 3.82. The zero-order chi connectivity index (χ0) is 17.1. The molecule has 1 aliphatic heterocycles. The van der Waals surface area contributed by atoms with Crippen LogP contribution in [0.2, 0.25) is 0 Å². The van der Waals surface area contributed by atoms with E-state index < -0.39 is 0 Å². The van der Waals surface area contributed by atoms with Crippen LogP contribution in [0, 0.1) is 13.8 Å². The maximum atomic E-state index is 12.4. The molecule has 126 valence electrons. The highest BCUT2D eigenvalue weighted by atomic mass is 16.2. The Balaban J connectivity index is 1.84. The minimum Gasteiger partial charge on any atom is -0.341 e. The van der Waals surface area contributed by atoms with Crippen molar-refractivity contribution in [3.05, 3.63) is 51.8 Å². The summed E-state index contributed by atoms with van der Waals surface area (Å²) in [6.07, 6.45) is 3.25. The quantitative estimate of drug-likeness (QED) is 0.871. The minimum atomic E-state index is -0.243. The number of rotatable bonds is 3.